The van der Waals surface area contributed by atoms with E-state index in [0.29, 0.717) is 6.54 Å². The van der Waals surface area contributed by atoms with Crippen molar-refractivity contribution in [3.05, 3.63) is 27.9 Å². The van der Waals surface area contributed by atoms with Crippen LogP contribution in [-0.4, -0.2) is 33.7 Å². The highest BCUT2D eigenvalue weighted by molar-refractivity contribution is 5.93. The van der Waals surface area contributed by atoms with Gasteiger partial charge in [-0.25, -0.2) is 4.57 Å². The van der Waals surface area contributed by atoms with Crippen LogP contribution in [0.3, 0.4) is 0 Å². The van der Waals surface area contributed by atoms with E-state index in [4.69, 9.17) is 5.11 Å². The number of amides is 1. The molecule has 0 fully saturated rings. The van der Waals surface area contributed by atoms with Gasteiger partial charge in [0.05, 0.1) is 7.05 Å². The van der Waals surface area contributed by atoms with Crippen LogP contribution < -0.4 is 5.32 Å². The van der Waals surface area contributed by atoms with Gasteiger partial charge >= 0.3 is 5.82 Å². The summed E-state index contributed by atoms with van der Waals surface area (Å²) in [4.78, 5) is 21.7. The van der Waals surface area contributed by atoms with E-state index in [-0.39, 0.29) is 29.9 Å². The zero-order valence-electron chi connectivity index (χ0n) is 9.71. The van der Waals surface area contributed by atoms with Crippen molar-refractivity contribution in [2.45, 2.75) is 6.92 Å². The molecule has 1 heterocycles. The van der Waals surface area contributed by atoms with Crippen molar-refractivity contribution in [1.82, 2.24) is 9.88 Å². The van der Waals surface area contributed by atoms with Crippen molar-refractivity contribution < 1.29 is 14.8 Å². The molecule has 0 bridgehead atoms. The second-order valence-electron chi connectivity index (χ2n) is 3.89. The number of nitro groups is 1. The number of carbonyl (C=O) groups is 1. The Kier molecular flexibility index (Phi) is 4.22. The molecule has 1 atom stereocenters. The van der Waals surface area contributed by atoms with Gasteiger partial charge in [-0.2, -0.15) is 0 Å². The summed E-state index contributed by atoms with van der Waals surface area (Å²) in [6.07, 6.45) is 0. The number of aromatic nitrogens is 1. The molecule has 1 rings (SSSR count). The number of hydrogen-bond acceptors (Lipinski definition) is 4. The molecule has 1 amide bonds. The van der Waals surface area contributed by atoms with E-state index in [0.717, 1.165) is 0 Å². The van der Waals surface area contributed by atoms with Crippen LogP contribution in [0.15, 0.2) is 12.1 Å². The monoisotopic (exact) mass is 241 g/mol. The lowest BCUT2D eigenvalue weighted by atomic mass is 10.2. The molecule has 0 aliphatic carbocycles. The van der Waals surface area contributed by atoms with Crippen LogP contribution in [0.5, 0.6) is 0 Å². The van der Waals surface area contributed by atoms with Gasteiger partial charge in [0.15, 0.2) is 5.69 Å². The first-order valence-corrected chi connectivity index (χ1v) is 5.16. The van der Waals surface area contributed by atoms with Gasteiger partial charge in [-0.05, 0) is 16.9 Å². The zero-order chi connectivity index (χ0) is 13.0. The van der Waals surface area contributed by atoms with Crippen molar-refractivity contribution in [3.63, 3.8) is 0 Å². The van der Waals surface area contributed by atoms with Crippen LogP contribution in [0.2, 0.25) is 0 Å². The first-order chi connectivity index (χ1) is 7.97. The SMILES string of the molecule is CC(CO)CNC(=O)c1ccc([N+](=O)[O-])n1C. The van der Waals surface area contributed by atoms with E-state index in [9.17, 15) is 14.9 Å². The summed E-state index contributed by atoms with van der Waals surface area (Å²) in [5.74, 6) is -0.569. The number of nitrogens with one attached hydrogen (secondary N) is 1. The number of aliphatic hydroxyl groups excluding tert-OH is 1. The summed E-state index contributed by atoms with van der Waals surface area (Å²) in [6.45, 7) is 2.09. The third-order valence-corrected chi connectivity index (χ3v) is 2.44. The third kappa shape index (κ3) is 3.04. The average molecular weight is 241 g/mol. The highest BCUT2D eigenvalue weighted by Gasteiger charge is 2.20. The topological polar surface area (TPSA) is 97.4 Å². The second kappa shape index (κ2) is 5.44. The molecule has 0 radical (unpaired) electrons. The number of aliphatic hydroxyl groups is 1. The highest BCUT2D eigenvalue weighted by atomic mass is 16.6. The summed E-state index contributed by atoms with van der Waals surface area (Å²) in [5.41, 5.74) is 0.224. The van der Waals surface area contributed by atoms with E-state index < -0.39 is 4.92 Å². The molecule has 2 N–H and O–H groups in total. The molecule has 0 aromatic carbocycles. The van der Waals surface area contributed by atoms with Crippen molar-refractivity contribution in [2.24, 2.45) is 13.0 Å². The Labute approximate surface area is 98.2 Å². The Morgan fingerprint density at radius 3 is 2.76 bits per heavy atom. The zero-order valence-corrected chi connectivity index (χ0v) is 9.71. The van der Waals surface area contributed by atoms with Gasteiger partial charge in [0.2, 0.25) is 0 Å². The highest BCUT2D eigenvalue weighted by Crippen LogP contribution is 2.14. The lowest BCUT2D eigenvalue weighted by Crippen LogP contribution is -2.30. The maximum Gasteiger partial charge on any atom is 0.323 e. The maximum atomic E-state index is 11.7. The molecule has 0 saturated carbocycles. The minimum Gasteiger partial charge on any atom is -0.396 e. The van der Waals surface area contributed by atoms with Crippen molar-refractivity contribution in [2.75, 3.05) is 13.2 Å². The fourth-order valence-electron chi connectivity index (χ4n) is 1.33. The van der Waals surface area contributed by atoms with E-state index in [1.54, 1.807) is 6.92 Å². The summed E-state index contributed by atoms with van der Waals surface area (Å²) in [6, 6.07) is 2.68. The largest absolute Gasteiger partial charge is 0.396 e. The molecule has 17 heavy (non-hydrogen) atoms. The predicted octanol–water partition coefficient (Wildman–Crippen LogP) is 0.291. The van der Waals surface area contributed by atoms with Crippen molar-refractivity contribution in [1.29, 1.82) is 0 Å². The summed E-state index contributed by atoms with van der Waals surface area (Å²) in [7, 11) is 1.46. The Hall–Kier alpha value is -1.89. The third-order valence-electron chi connectivity index (χ3n) is 2.44. The summed E-state index contributed by atoms with van der Waals surface area (Å²) >= 11 is 0. The molecule has 0 saturated heterocycles. The normalized spacial score (nSPS) is 12.2. The van der Waals surface area contributed by atoms with Crippen molar-refractivity contribution >= 4 is 11.7 Å². The Balaban J connectivity index is 2.73. The van der Waals surface area contributed by atoms with E-state index in [1.807, 2.05) is 0 Å². The lowest BCUT2D eigenvalue weighted by Gasteiger charge is -2.08. The van der Waals surface area contributed by atoms with Crippen LogP contribution in [0.4, 0.5) is 5.82 Å². The maximum absolute atomic E-state index is 11.7. The van der Waals surface area contributed by atoms with E-state index in [2.05, 4.69) is 5.32 Å². The van der Waals surface area contributed by atoms with Gasteiger partial charge in [-0.1, -0.05) is 6.92 Å². The Bertz CT molecular complexity index is 427. The molecule has 94 valence electrons. The molecule has 1 aromatic rings. The smallest absolute Gasteiger partial charge is 0.323 e. The van der Waals surface area contributed by atoms with Crippen LogP contribution in [-0.2, 0) is 7.05 Å². The molecule has 7 heteroatoms. The quantitative estimate of drug-likeness (QED) is 0.572. The van der Waals surface area contributed by atoms with Gasteiger partial charge in [0.25, 0.3) is 5.91 Å². The number of rotatable bonds is 5. The van der Waals surface area contributed by atoms with E-state index >= 15 is 0 Å². The predicted molar refractivity (Wildman–Crippen MR) is 60.7 cm³/mol. The number of nitrogens with zero attached hydrogens (tertiary/aromatic N) is 2. The van der Waals surface area contributed by atoms with Gasteiger partial charge < -0.3 is 20.5 Å². The van der Waals surface area contributed by atoms with Gasteiger partial charge in [0, 0.05) is 19.2 Å². The lowest BCUT2D eigenvalue weighted by molar-refractivity contribution is -0.391. The molecular weight excluding hydrogens is 226 g/mol. The summed E-state index contributed by atoms with van der Waals surface area (Å²) in [5, 5.41) is 22.0. The average Bonchev–Trinajstić information content (AvgIpc) is 2.67. The van der Waals surface area contributed by atoms with Crippen LogP contribution in [0.1, 0.15) is 17.4 Å². The second-order valence-corrected chi connectivity index (χ2v) is 3.89. The standard InChI is InChI=1S/C10H15N3O4/c1-7(6-14)5-11-10(15)8-3-4-9(12(8)2)13(16)17/h3-4,7,14H,5-6H2,1-2H3,(H,11,15). The van der Waals surface area contributed by atoms with Crippen LogP contribution in [0.25, 0.3) is 0 Å². The molecule has 0 aliphatic rings. The minimum atomic E-state index is -0.548. The van der Waals surface area contributed by atoms with E-state index in [1.165, 1.54) is 23.7 Å². The molecule has 0 aliphatic heterocycles. The fraction of sp³-hybridized carbons (Fsp3) is 0.500. The van der Waals surface area contributed by atoms with Crippen LogP contribution in [0, 0.1) is 16.0 Å². The molecule has 1 aromatic heterocycles. The molecule has 0 spiro atoms. The van der Waals surface area contributed by atoms with Gasteiger partial charge in [-0.15, -0.1) is 0 Å². The minimum absolute atomic E-state index is 0.0203. The first kappa shape index (κ1) is 13.2. The molecule has 1 unspecified atom stereocenters. The Morgan fingerprint density at radius 2 is 2.29 bits per heavy atom. The molecular formula is C10H15N3O4. The fourth-order valence-corrected chi connectivity index (χ4v) is 1.33. The van der Waals surface area contributed by atoms with Crippen LogP contribution >= 0.6 is 0 Å². The Morgan fingerprint density at radius 1 is 1.65 bits per heavy atom. The molecule has 7 nitrogen and oxygen atoms in total. The first-order valence-electron chi connectivity index (χ1n) is 5.16. The van der Waals surface area contributed by atoms with Crippen molar-refractivity contribution in [3.8, 4) is 0 Å². The van der Waals surface area contributed by atoms with Gasteiger partial charge in [-0.3, -0.25) is 4.79 Å². The van der Waals surface area contributed by atoms with Gasteiger partial charge in [0.1, 0.15) is 0 Å². The number of carbonyl (C=O) groups excluding carboxylic acids is 1. The number of hydrogen-bond donors (Lipinski definition) is 2. The summed E-state index contributed by atoms with van der Waals surface area (Å²) < 4.78 is 1.22.